The summed E-state index contributed by atoms with van der Waals surface area (Å²) in [5, 5.41) is 0.726. The average Bonchev–Trinajstić information content (AvgIpc) is 2.90. The Kier molecular flexibility index (Phi) is 4.27. The zero-order chi connectivity index (χ0) is 16.4. The standard InChI is InChI=1S/C19H17ClN2O/c1-4-11-22-18-8-6-5-7-17(18)21-19(22)14(3)23-15-9-10-16(20)13(2)12-15/h1,5-10,12,14H,11H2,2-3H3. The van der Waals surface area contributed by atoms with Gasteiger partial charge in [0, 0.05) is 5.02 Å². The number of aryl methyl sites for hydroxylation is 1. The molecule has 3 aromatic rings. The van der Waals surface area contributed by atoms with Crippen LogP contribution in [-0.2, 0) is 6.54 Å². The van der Waals surface area contributed by atoms with Crippen LogP contribution in [0.2, 0.25) is 5.02 Å². The fraction of sp³-hybridized carbons (Fsp3) is 0.211. The van der Waals surface area contributed by atoms with E-state index in [1.807, 2.05) is 60.9 Å². The lowest BCUT2D eigenvalue weighted by molar-refractivity contribution is 0.212. The van der Waals surface area contributed by atoms with E-state index in [2.05, 4.69) is 10.9 Å². The van der Waals surface area contributed by atoms with Crippen molar-refractivity contribution in [3.63, 3.8) is 0 Å². The number of hydrogen-bond donors (Lipinski definition) is 0. The molecule has 0 saturated heterocycles. The van der Waals surface area contributed by atoms with Crippen LogP contribution in [0.4, 0.5) is 0 Å². The molecular formula is C19H17ClN2O. The lowest BCUT2D eigenvalue weighted by Gasteiger charge is -2.16. The number of benzene rings is 2. The molecule has 0 fully saturated rings. The van der Waals surface area contributed by atoms with Gasteiger partial charge in [-0.1, -0.05) is 29.7 Å². The van der Waals surface area contributed by atoms with E-state index in [1.54, 1.807) is 0 Å². The summed E-state index contributed by atoms with van der Waals surface area (Å²) in [6.45, 7) is 4.38. The quantitative estimate of drug-likeness (QED) is 0.646. The Bertz CT molecular complexity index is 892. The molecule has 0 radical (unpaired) electrons. The summed E-state index contributed by atoms with van der Waals surface area (Å²) < 4.78 is 8.06. The molecule has 1 atom stereocenters. The normalized spacial score (nSPS) is 12.1. The van der Waals surface area contributed by atoms with Gasteiger partial charge in [-0.05, 0) is 49.7 Å². The van der Waals surface area contributed by atoms with E-state index in [1.165, 1.54) is 0 Å². The number of imidazole rings is 1. The van der Waals surface area contributed by atoms with Crippen molar-refractivity contribution in [2.45, 2.75) is 26.5 Å². The Morgan fingerprint density at radius 2 is 2.09 bits per heavy atom. The summed E-state index contributed by atoms with van der Waals surface area (Å²) in [5.74, 6) is 4.27. The number of rotatable bonds is 4. The molecule has 3 rings (SSSR count). The van der Waals surface area contributed by atoms with E-state index in [9.17, 15) is 0 Å². The van der Waals surface area contributed by atoms with Crippen molar-refractivity contribution in [3.05, 3.63) is 58.9 Å². The van der Waals surface area contributed by atoms with Crippen molar-refractivity contribution < 1.29 is 4.74 Å². The third kappa shape index (κ3) is 3.04. The van der Waals surface area contributed by atoms with E-state index in [-0.39, 0.29) is 6.10 Å². The SMILES string of the molecule is C#CCn1c(C(C)Oc2ccc(Cl)c(C)c2)nc2ccccc21. The van der Waals surface area contributed by atoms with Gasteiger partial charge in [-0.15, -0.1) is 6.42 Å². The molecule has 3 nitrogen and oxygen atoms in total. The van der Waals surface area contributed by atoms with Gasteiger partial charge in [0.2, 0.25) is 0 Å². The van der Waals surface area contributed by atoms with Crippen LogP contribution in [0, 0.1) is 19.3 Å². The van der Waals surface area contributed by atoms with E-state index in [4.69, 9.17) is 22.8 Å². The smallest absolute Gasteiger partial charge is 0.153 e. The van der Waals surface area contributed by atoms with Gasteiger partial charge >= 0.3 is 0 Å². The highest BCUT2D eigenvalue weighted by Gasteiger charge is 2.17. The highest BCUT2D eigenvalue weighted by molar-refractivity contribution is 6.31. The second-order valence-corrected chi connectivity index (χ2v) is 5.83. The third-order valence-corrected chi connectivity index (χ3v) is 4.16. The lowest BCUT2D eigenvalue weighted by Crippen LogP contribution is -2.11. The van der Waals surface area contributed by atoms with E-state index in [0.717, 1.165) is 33.2 Å². The second kappa shape index (κ2) is 6.36. The minimum absolute atomic E-state index is 0.226. The summed E-state index contributed by atoms with van der Waals surface area (Å²) >= 11 is 6.06. The van der Waals surface area contributed by atoms with Gasteiger partial charge < -0.3 is 9.30 Å². The number of fused-ring (bicyclic) bond motifs is 1. The first kappa shape index (κ1) is 15.5. The summed E-state index contributed by atoms with van der Waals surface area (Å²) in [5.41, 5.74) is 2.91. The molecule has 4 heteroatoms. The molecule has 0 aliphatic heterocycles. The molecular weight excluding hydrogens is 308 g/mol. The molecule has 0 aliphatic rings. The van der Waals surface area contributed by atoms with Gasteiger partial charge in [0.15, 0.2) is 11.9 Å². The van der Waals surface area contributed by atoms with Gasteiger partial charge in [0.1, 0.15) is 5.75 Å². The van der Waals surface area contributed by atoms with Crippen LogP contribution in [0.5, 0.6) is 5.75 Å². The largest absolute Gasteiger partial charge is 0.483 e. The molecule has 1 heterocycles. The van der Waals surface area contributed by atoms with Crippen LogP contribution in [0.3, 0.4) is 0 Å². The maximum atomic E-state index is 6.06. The van der Waals surface area contributed by atoms with Crippen molar-refractivity contribution >= 4 is 22.6 Å². The summed E-state index contributed by atoms with van der Waals surface area (Å²) in [4.78, 5) is 4.68. The first-order chi connectivity index (χ1) is 11.1. The minimum atomic E-state index is -0.226. The van der Waals surface area contributed by atoms with Gasteiger partial charge in [0.25, 0.3) is 0 Å². The summed E-state index contributed by atoms with van der Waals surface area (Å²) in [6, 6.07) is 13.6. The topological polar surface area (TPSA) is 27.1 Å². The maximum absolute atomic E-state index is 6.06. The van der Waals surface area contributed by atoms with Crippen LogP contribution in [0.15, 0.2) is 42.5 Å². The number of hydrogen-bond acceptors (Lipinski definition) is 2. The second-order valence-electron chi connectivity index (χ2n) is 5.42. The molecule has 2 aromatic carbocycles. The molecule has 23 heavy (non-hydrogen) atoms. The van der Waals surface area contributed by atoms with Gasteiger partial charge in [-0.25, -0.2) is 4.98 Å². The molecule has 0 saturated carbocycles. The third-order valence-electron chi connectivity index (χ3n) is 3.74. The monoisotopic (exact) mass is 324 g/mol. The zero-order valence-corrected chi connectivity index (χ0v) is 13.8. The Labute approximate surface area is 140 Å². The van der Waals surface area contributed by atoms with Crippen LogP contribution >= 0.6 is 11.6 Å². The zero-order valence-electron chi connectivity index (χ0n) is 13.1. The molecule has 0 spiro atoms. The first-order valence-corrected chi connectivity index (χ1v) is 7.79. The lowest BCUT2D eigenvalue weighted by atomic mass is 10.2. The number of aromatic nitrogens is 2. The Morgan fingerprint density at radius 1 is 1.30 bits per heavy atom. The molecule has 1 unspecified atom stereocenters. The van der Waals surface area contributed by atoms with Crippen molar-refractivity contribution in [1.82, 2.24) is 9.55 Å². The molecule has 0 bridgehead atoms. The maximum Gasteiger partial charge on any atom is 0.153 e. The van der Waals surface area contributed by atoms with Crippen LogP contribution in [0.25, 0.3) is 11.0 Å². The Morgan fingerprint density at radius 3 is 2.83 bits per heavy atom. The van der Waals surface area contributed by atoms with Crippen LogP contribution < -0.4 is 4.74 Å². The number of nitrogens with zero attached hydrogens (tertiary/aromatic N) is 2. The molecule has 0 amide bonds. The van der Waals surface area contributed by atoms with Crippen molar-refractivity contribution in [2.75, 3.05) is 0 Å². The van der Waals surface area contributed by atoms with E-state index >= 15 is 0 Å². The predicted octanol–water partition coefficient (Wildman–Crippen LogP) is 4.77. The highest BCUT2D eigenvalue weighted by atomic mass is 35.5. The highest BCUT2D eigenvalue weighted by Crippen LogP contribution is 2.27. The van der Waals surface area contributed by atoms with Crippen molar-refractivity contribution in [1.29, 1.82) is 0 Å². The summed E-state index contributed by atoms with van der Waals surface area (Å²) in [7, 11) is 0. The van der Waals surface area contributed by atoms with Crippen LogP contribution in [-0.4, -0.2) is 9.55 Å². The minimum Gasteiger partial charge on any atom is -0.483 e. The van der Waals surface area contributed by atoms with Crippen molar-refractivity contribution in [3.8, 4) is 18.1 Å². The van der Waals surface area contributed by atoms with Gasteiger partial charge in [-0.2, -0.15) is 0 Å². The number of halogens is 1. The van der Waals surface area contributed by atoms with Crippen LogP contribution in [0.1, 0.15) is 24.4 Å². The van der Waals surface area contributed by atoms with E-state index < -0.39 is 0 Å². The molecule has 116 valence electrons. The Hall–Kier alpha value is -2.44. The van der Waals surface area contributed by atoms with Crippen molar-refractivity contribution in [2.24, 2.45) is 0 Å². The fourth-order valence-electron chi connectivity index (χ4n) is 2.61. The molecule has 1 aromatic heterocycles. The number of para-hydroxylation sites is 2. The number of ether oxygens (including phenoxy) is 1. The summed E-state index contributed by atoms with van der Waals surface area (Å²) in [6.07, 6.45) is 5.29. The number of terminal acetylenes is 1. The first-order valence-electron chi connectivity index (χ1n) is 7.41. The Balaban J connectivity index is 1.96. The van der Waals surface area contributed by atoms with E-state index in [0.29, 0.717) is 6.54 Å². The van der Waals surface area contributed by atoms with Gasteiger partial charge in [-0.3, -0.25) is 0 Å². The predicted molar refractivity (Wildman–Crippen MR) is 93.8 cm³/mol. The molecule has 0 aliphatic carbocycles. The fourth-order valence-corrected chi connectivity index (χ4v) is 2.73. The molecule has 0 N–H and O–H groups in total. The van der Waals surface area contributed by atoms with Gasteiger partial charge in [0.05, 0.1) is 17.6 Å². The average molecular weight is 325 g/mol.